The van der Waals surface area contributed by atoms with Crippen LogP contribution in [0.5, 0.6) is 0 Å². The standard InChI is InChI=1S/C9H14N2O2S/c1-10-7-8-3-5-9(6-4-8)11-14(2,12)13/h3-6,10-11H,7H2,1-2H3. The molecule has 1 aromatic rings. The van der Waals surface area contributed by atoms with Crippen molar-refractivity contribution in [2.24, 2.45) is 0 Å². The maximum Gasteiger partial charge on any atom is 0.229 e. The van der Waals surface area contributed by atoms with Gasteiger partial charge in [-0.1, -0.05) is 12.1 Å². The summed E-state index contributed by atoms with van der Waals surface area (Å²) in [5.41, 5.74) is 1.71. The van der Waals surface area contributed by atoms with Crippen LogP contribution in [0.1, 0.15) is 5.56 Å². The highest BCUT2D eigenvalue weighted by Crippen LogP contribution is 2.10. The molecule has 1 aromatic carbocycles. The van der Waals surface area contributed by atoms with Gasteiger partial charge < -0.3 is 5.32 Å². The van der Waals surface area contributed by atoms with E-state index in [1.54, 1.807) is 12.1 Å². The van der Waals surface area contributed by atoms with E-state index >= 15 is 0 Å². The molecule has 0 unspecified atom stereocenters. The molecule has 0 aliphatic heterocycles. The van der Waals surface area contributed by atoms with Gasteiger partial charge in [-0.25, -0.2) is 8.42 Å². The summed E-state index contributed by atoms with van der Waals surface area (Å²) in [6.45, 7) is 0.777. The maximum atomic E-state index is 10.9. The van der Waals surface area contributed by atoms with Crippen LogP contribution in [0, 0.1) is 0 Å². The molecule has 0 aliphatic rings. The van der Waals surface area contributed by atoms with Gasteiger partial charge in [-0.15, -0.1) is 0 Å². The van der Waals surface area contributed by atoms with Crippen LogP contribution in [0.2, 0.25) is 0 Å². The number of sulfonamides is 1. The summed E-state index contributed by atoms with van der Waals surface area (Å²) in [5, 5.41) is 3.01. The monoisotopic (exact) mass is 214 g/mol. The van der Waals surface area contributed by atoms with Gasteiger partial charge in [-0.05, 0) is 24.7 Å². The van der Waals surface area contributed by atoms with Gasteiger partial charge in [0.2, 0.25) is 10.0 Å². The van der Waals surface area contributed by atoms with E-state index in [9.17, 15) is 8.42 Å². The molecule has 0 aromatic heterocycles. The van der Waals surface area contributed by atoms with Crippen LogP contribution in [0.25, 0.3) is 0 Å². The summed E-state index contributed by atoms with van der Waals surface area (Å²) in [4.78, 5) is 0. The first-order chi connectivity index (χ1) is 6.51. The van der Waals surface area contributed by atoms with Gasteiger partial charge in [0, 0.05) is 12.2 Å². The second-order valence-electron chi connectivity index (χ2n) is 3.10. The van der Waals surface area contributed by atoms with E-state index in [0.29, 0.717) is 5.69 Å². The second kappa shape index (κ2) is 4.43. The fourth-order valence-electron chi connectivity index (χ4n) is 1.11. The second-order valence-corrected chi connectivity index (χ2v) is 4.85. The van der Waals surface area contributed by atoms with Gasteiger partial charge in [0.05, 0.1) is 6.26 Å². The fourth-order valence-corrected chi connectivity index (χ4v) is 1.67. The van der Waals surface area contributed by atoms with Crippen molar-refractivity contribution in [3.63, 3.8) is 0 Å². The minimum atomic E-state index is -3.17. The van der Waals surface area contributed by atoms with Crippen molar-refractivity contribution in [2.75, 3.05) is 18.0 Å². The summed E-state index contributed by atoms with van der Waals surface area (Å²) in [5.74, 6) is 0. The van der Waals surface area contributed by atoms with Crippen molar-refractivity contribution < 1.29 is 8.42 Å². The lowest BCUT2D eigenvalue weighted by Crippen LogP contribution is -2.10. The van der Waals surface area contributed by atoms with Gasteiger partial charge >= 0.3 is 0 Å². The van der Waals surface area contributed by atoms with Crippen molar-refractivity contribution >= 4 is 15.7 Å². The summed E-state index contributed by atoms with van der Waals surface area (Å²) < 4.78 is 24.2. The molecule has 0 atom stereocenters. The number of hydrogen-bond acceptors (Lipinski definition) is 3. The van der Waals surface area contributed by atoms with Crippen molar-refractivity contribution in [2.45, 2.75) is 6.54 Å². The molecule has 0 amide bonds. The van der Waals surface area contributed by atoms with Crippen LogP contribution in [0.3, 0.4) is 0 Å². The third-order valence-corrected chi connectivity index (χ3v) is 2.24. The lowest BCUT2D eigenvalue weighted by atomic mass is 10.2. The number of anilines is 1. The van der Waals surface area contributed by atoms with Crippen LogP contribution in [-0.4, -0.2) is 21.7 Å². The zero-order valence-electron chi connectivity index (χ0n) is 8.24. The van der Waals surface area contributed by atoms with E-state index in [2.05, 4.69) is 10.0 Å². The SMILES string of the molecule is CNCc1ccc(NS(C)(=O)=O)cc1. The normalized spacial score (nSPS) is 11.3. The Labute approximate surface area is 84.4 Å². The van der Waals surface area contributed by atoms with E-state index in [1.807, 2.05) is 19.2 Å². The highest BCUT2D eigenvalue weighted by molar-refractivity contribution is 7.92. The van der Waals surface area contributed by atoms with Crippen molar-refractivity contribution in [1.29, 1.82) is 0 Å². The van der Waals surface area contributed by atoms with Crippen LogP contribution < -0.4 is 10.0 Å². The molecular weight excluding hydrogens is 200 g/mol. The van der Waals surface area contributed by atoms with Crippen LogP contribution in [0.15, 0.2) is 24.3 Å². The average Bonchev–Trinajstić information content (AvgIpc) is 2.06. The topological polar surface area (TPSA) is 58.2 Å². The summed E-state index contributed by atoms with van der Waals surface area (Å²) >= 11 is 0. The molecule has 0 saturated heterocycles. The Morgan fingerprint density at radius 1 is 1.21 bits per heavy atom. The molecule has 0 spiro atoms. The summed E-state index contributed by atoms with van der Waals surface area (Å²) in [6.07, 6.45) is 1.13. The smallest absolute Gasteiger partial charge is 0.229 e. The lowest BCUT2D eigenvalue weighted by molar-refractivity contribution is 0.607. The van der Waals surface area contributed by atoms with E-state index < -0.39 is 10.0 Å². The minimum absolute atomic E-state index is 0.590. The molecule has 4 nitrogen and oxygen atoms in total. The Morgan fingerprint density at radius 3 is 2.21 bits per heavy atom. The van der Waals surface area contributed by atoms with Crippen LogP contribution in [-0.2, 0) is 16.6 Å². The van der Waals surface area contributed by atoms with Gasteiger partial charge in [0.15, 0.2) is 0 Å². The lowest BCUT2D eigenvalue weighted by Gasteiger charge is -2.04. The fraction of sp³-hybridized carbons (Fsp3) is 0.333. The molecule has 0 heterocycles. The van der Waals surface area contributed by atoms with Crippen LogP contribution >= 0.6 is 0 Å². The molecule has 0 aliphatic carbocycles. The van der Waals surface area contributed by atoms with Gasteiger partial charge in [0.1, 0.15) is 0 Å². The van der Waals surface area contributed by atoms with E-state index in [1.165, 1.54) is 0 Å². The van der Waals surface area contributed by atoms with Gasteiger partial charge in [0.25, 0.3) is 0 Å². The van der Waals surface area contributed by atoms with Crippen molar-refractivity contribution in [3.8, 4) is 0 Å². The highest BCUT2D eigenvalue weighted by atomic mass is 32.2. The first-order valence-electron chi connectivity index (χ1n) is 4.22. The zero-order chi connectivity index (χ0) is 10.6. The Morgan fingerprint density at radius 2 is 1.79 bits per heavy atom. The number of nitrogens with one attached hydrogen (secondary N) is 2. The molecule has 0 saturated carbocycles. The Kier molecular flexibility index (Phi) is 3.49. The predicted molar refractivity (Wildman–Crippen MR) is 57.7 cm³/mol. The Balaban J connectivity index is 2.74. The highest BCUT2D eigenvalue weighted by Gasteiger charge is 2.00. The zero-order valence-corrected chi connectivity index (χ0v) is 9.06. The van der Waals surface area contributed by atoms with Gasteiger partial charge in [-0.3, -0.25) is 4.72 Å². The molecule has 14 heavy (non-hydrogen) atoms. The maximum absolute atomic E-state index is 10.9. The molecular formula is C9H14N2O2S. The van der Waals surface area contributed by atoms with E-state index in [0.717, 1.165) is 18.4 Å². The van der Waals surface area contributed by atoms with E-state index in [-0.39, 0.29) is 0 Å². The van der Waals surface area contributed by atoms with E-state index in [4.69, 9.17) is 0 Å². The molecule has 78 valence electrons. The van der Waals surface area contributed by atoms with Gasteiger partial charge in [-0.2, -0.15) is 0 Å². The molecule has 5 heteroatoms. The third-order valence-electron chi connectivity index (χ3n) is 1.64. The largest absolute Gasteiger partial charge is 0.316 e. The van der Waals surface area contributed by atoms with Crippen molar-refractivity contribution in [1.82, 2.24) is 5.32 Å². The molecule has 0 fully saturated rings. The molecule has 1 rings (SSSR count). The van der Waals surface area contributed by atoms with Crippen molar-refractivity contribution in [3.05, 3.63) is 29.8 Å². The number of hydrogen-bond donors (Lipinski definition) is 2. The Hall–Kier alpha value is -1.07. The third kappa shape index (κ3) is 3.76. The predicted octanol–water partition coefficient (Wildman–Crippen LogP) is 0.777. The molecule has 2 N–H and O–H groups in total. The Bertz CT molecular complexity index is 384. The number of rotatable bonds is 4. The molecule has 0 bridgehead atoms. The number of benzene rings is 1. The van der Waals surface area contributed by atoms with Crippen LogP contribution in [0.4, 0.5) is 5.69 Å². The summed E-state index contributed by atoms with van der Waals surface area (Å²) in [7, 11) is -1.30. The average molecular weight is 214 g/mol. The minimum Gasteiger partial charge on any atom is -0.316 e. The molecule has 0 radical (unpaired) electrons. The quantitative estimate of drug-likeness (QED) is 0.778. The first-order valence-corrected chi connectivity index (χ1v) is 6.12. The first kappa shape index (κ1) is 11.0. The summed E-state index contributed by atoms with van der Waals surface area (Å²) in [6, 6.07) is 7.25.